The number of hydrogen-bond donors (Lipinski definition) is 2. The molecule has 0 aliphatic rings. The maximum absolute atomic E-state index is 11.7. The van der Waals surface area contributed by atoms with Crippen LogP contribution in [0.15, 0.2) is 28.7 Å². The standard InChI is InChI=1S/C14H15BrN2O3/c1-3-7-16-13(18)9-17-14(19)10(2)20-12-6-4-5-11(15)8-12/h1,4-6,8,10H,7,9H2,2H3,(H,16,18)(H,17,19). The van der Waals surface area contributed by atoms with E-state index in [9.17, 15) is 9.59 Å². The second-order valence-electron chi connectivity index (χ2n) is 3.92. The van der Waals surface area contributed by atoms with Gasteiger partial charge in [0.25, 0.3) is 5.91 Å². The molecule has 106 valence electrons. The first-order valence-electron chi connectivity index (χ1n) is 5.93. The van der Waals surface area contributed by atoms with E-state index in [-0.39, 0.29) is 24.9 Å². The van der Waals surface area contributed by atoms with Crippen LogP contribution in [0.4, 0.5) is 0 Å². The average Bonchev–Trinajstić information content (AvgIpc) is 2.42. The molecule has 5 nitrogen and oxygen atoms in total. The number of benzene rings is 1. The van der Waals surface area contributed by atoms with E-state index >= 15 is 0 Å². The molecule has 0 spiro atoms. The Bertz CT molecular complexity index is 525. The van der Waals surface area contributed by atoms with Gasteiger partial charge in [-0.3, -0.25) is 9.59 Å². The summed E-state index contributed by atoms with van der Waals surface area (Å²) in [6, 6.07) is 7.16. The zero-order chi connectivity index (χ0) is 15.0. The number of carbonyl (C=O) groups excluding carboxylic acids is 2. The summed E-state index contributed by atoms with van der Waals surface area (Å²) in [5, 5.41) is 4.92. The zero-order valence-corrected chi connectivity index (χ0v) is 12.6. The minimum absolute atomic E-state index is 0.132. The Morgan fingerprint density at radius 1 is 1.45 bits per heavy atom. The fraction of sp³-hybridized carbons (Fsp3) is 0.286. The molecule has 2 amide bonds. The van der Waals surface area contributed by atoms with Gasteiger partial charge < -0.3 is 15.4 Å². The van der Waals surface area contributed by atoms with Crippen LogP contribution in [-0.2, 0) is 9.59 Å². The molecule has 0 aliphatic carbocycles. The SMILES string of the molecule is C#CCNC(=O)CNC(=O)C(C)Oc1cccc(Br)c1. The van der Waals surface area contributed by atoms with Crippen molar-refractivity contribution in [3.05, 3.63) is 28.7 Å². The molecule has 0 fully saturated rings. The lowest BCUT2D eigenvalue weighted by molar-refractivity contribution is -0.130. The Morgan fingerprint density at radius 3 is 2.85 bits per heavy atom. The minimum Gasteiger partial charge on any atom is -0.481 e. The third-order valence-corrected chi connectivity index (χ3v) is 2.78. The molecule has 0 aromatic heterocycles. The molecule has 1 atom stereocenters. The minimum atomic E-state index is -0.704. The van der Waals surface area contributed by atoms with Gasteiger partial charge in [-0.25, -0.2) is 0 Å². The molecule has 0 radical (unpaired) electrons. The van der Waals surface area contributed by atoms with E-state index in [0.29, 0.717) is 5.75 Å². The molecule has 0 heterocycles. The third kappa shape index (κ3) is 5.76. The van der Waals surface area contributed by atoms with Gasteiger partial charge in [-0.15, -0.1) is 6.42 Å². The first kappa shape index (κ1) is 16.1. The quantitative estimate of drug-likeness (QED) is 0.763. The maximum Gasteiger partial charge on any atom is 0.261 e. The van der Waals surface area contributed by atoms with Crippen LogP contribution in [0.3, 0.4) is 0 Å². The summed E-state index contributed by atoms with van der Waals surface area (Å²) in [7, 11) is 0. The highest BCUT2D eigenvalue weighted by molar-refractivity contribution is 9.10. The van der Waals surface area contributed by atoms with Gasteiger partial charge in [-0.2, -0.15) is 0 Å². The molecular weight excluding hydrogens is 324 g/mol. The molecule has 0 saturated heterocycles. The molecule has 1 unspecified atom stereocenters. The van der Waals surface area contributed by atoms with E-state index in [1.165, 1.54) is 0 Å². The average molecular weight is 339 g/mol. The highest BCUT2D eigenvalue weighted by Crippen LogP contribution is 2.18. The van der Waals surface area contributed by atoms with Gasteiger partial charge in [0, 0.05) is 4.47 Å². The number of amides is 2. The van der Waals surface area contributed by atoms with Crippen LogP contribution < -0.4 is 15.4 Å². The fourth-order valence-electron chi connectivity index (χ4n) is 1.32. The van der Waals surface area contributed by atoms with Crippen molar-refractivity contribution in [2.75, 3.05) is 13.1 Å². The maximum atomic E-state index is 11.7. The van der Waals surface area contributed by atoms with Crippen molar-refractivity contribution in [1.82, 2.24) is 10.6 Å². The van der Waals surface area contributed by atoms with Crippen LogP contribution >= 0.6 is 15.9 Å². The summed E-state index contributed by atoms with van der Waals surface area (Å²) in [4.78, 5) is 23.0. The van der Waals surface area contributed by atoms with Gasteiger partial charge in [-0.1, -0.05) is 27.9 Å². The number of rotatable bonds is 6. The largest absolute Gasteiger partial charge is 0.481 e. The smallest absolute Gasteiger partial charge is 0.261 e. The Morgan fingerprint density at radius 2 is 2.20 bits per heavy atom. The van der Waals surface area contributed by atoms with Crippen LogP contribution in [-0.4, -0.2) is 31.0 Å². The monoisotopic (exact) mass is 338 g/mol. The summed E-state index contributed by atoms with van der Waals surface area (Å²) in [5.41, 5.74) is 0. The summed E-state index contributed by atoms with van der Waals surface area (Å²) in [5.74, 6) is 2.13. The van der Waals surface area contributed by atoms with E-state index in [0.717, 1.165) is 4.47 Å². The fourth-order valence-corrected chi connectivity index (χ4v) is 1.70. The number of nitrogens with one attached hydrogen (secondary N) is 2. The highest BCUT2D eigenvalue weighted by atomic mass is 79.9. The number of carbonyl (C=O) groups is 2. The van der Waals surface area contributed by atoms with Crippen LogP contribution in [0.2, 0.25) is 0 Å². The first-order chi connectivity index (χ1) is 9.52. The molecule has 1 rings (SSSR count). The van der Waals surface area contributed by atoms with Crippen LogP contribution in [0, 0.1) is 12.3 Å². The molecule has 0 bridgehead atoms. The van der Waals surface area contributed by atoms with Crippen molar-refractivity contribution in [3.8, 4) is 18.1 Å². The first-order valence-corrected chi connectivity index (χ1v) is 6.72. The second-order valence-corrected chi connectivity index (χ2v) is 4.83. The molecule has 0 saturated carbocycles. The molecule has 6 heteroatoms. The topological polar surface area (TPSA) is 67.4 Å². The van der Waals surface area contributed by atoms with Crippen molar-refractivity contribution < 1.29 is 14.3 Å². The normalized spacial score (nSPS) is 11.1. The Kier molecular flexibility index (Phi) is 6.60. The lowest BCUT2D eigenvalue weighted by atomic mass is 10.3. The summed E-state index contributed by atoms with van der Waals surface area (Å²) in [6.45, 7) is 1.61. The Labute approximate surface area is 126 Å². The van der Waals surface area contributed by atoms with Gasteiger partial charge >= 0.3 is 0 Å². The van der Waals surface area contributed by atoms with Gasteiger partial charge in [0.05, 0.1) is 13.1 Å². The van der Waals surface area contributed by atoms with Crippen molar-refractivity contribution in [1.29, 1.82) is 0 Å². The second kappa shape index (κ2) is 8.23. The predicted octanol–water partition coefficient (Wildman–Crippen LogP) is 1.08. The van der Waals surface area contributed by atoms with Crippen LogP contribution in [0.25, 0.3) is 0 Å². The lowest BCUT2D eigenvalue weighted by Gasteiger charge is -2.14. The van der Waals surface area contributed by atoms with E-state index in [4.69, 9.17) is 11.2 Å². The molecule has 20 heavy (non-hydrogen) atoms. The molecule has 1 aromatic carbocycles. The Balaban J connectivity index is 2.40. The van der Waals surface area contributed by atoms with Gasteiger partial charge in [0.15, 0.2) is 6.10 Å². The summed E-state index contributed by atoms with van der Waals surface area (Å²) < 4.78 is 6.32. The highest BCUT2D eigenvalue weighted by Gasteiger charge is 2.15. The van der Waals surface area contributed by atoms with Crippen LogP contribution in [0.5, 0.6) is 5.75 Å². The van der Waals surface area contributed by atoms with E-state index in [2.05, 4.69) is 32.5 Å². The van der Waals surface area contributed by atoms with Crippen molar-refractivity contribution >= 4 is 27.7 Å². The summed E-state index contributed by atoms with van der Waals surface area (Å²) >= 11 is 3.31. The van der Waals surface area contributed by atoms with Crippen molar-refractivity contribution in [2.24, 2.45) is 0 Å². The molecular formula is C14H15BrN2O3. The van der Waals surface area contributed by atoms with Gasteiger partial charge in [0.2, 0.25) is 5.91 Å². The van der Waals surface area contributed by atoms with Crippen molar-refractivity contribution in [2.45, 2.75) is 13.0 Å². The molecule has 2 N–H and O–H groups in total. The number of ether oxygens (including phenoxy) is 1. The van der Waals surface area contributed by atoms with E-state index in [1.807, 2.05) is 6.07 Å². The van der Waals surface area contributed by atoms with Crippen molar-refractivity contribution in [3.63, 3.8) is 0 Å². The van der Waals surface area contributed by atoms with Gasteiger partial charge in [-0.05, 0) is 25.1 Å². The summed E-state index contributed by atoms with van der Waals surface area (Å²) in [6.07, 6.45) is 4.30. The van der Waals surface area contributed by atoms with Gasteiger partial charge in [0.1, 0.15) is 5.75 Å². The predicted molar refractivity (Wildman–Crippen MR) is 79.1 cm³/mol. The molecule has 1 aromatic rings. The number of halogens is 1. The lowest BCUT2D eigenvalue weighted by Crippen LogP contribution is -2.42. The zero-order valence-electron chi connectivity index (χ0n) is 11.0. The Hall–Kier alpha value is -2.00. The van der Waals surface area contributed by atoms with Crippen LogP contribution in [0.1, 0.15) is 6.92 Å². The number of terminal acetylenes is 1. The third-order valence-electron chi connectivity index (χ3n) is 2.29. The van der Waals surface area contributed by atoms with E-state index < -0.39 is 6.10 Å². The molecule has 0 aliphatic heterocycles. The number of hydrogen-bond acceptors (Lipinski definition) is 3. The van der Waals surface area contributed by atoms with E-state index in [1.54, 1.807) is 25.1 Å².